The van der Waals surface area contributed by atoms with Gasteiger partial charge in [0.25, 0.3) is 0 Å². The van der Waals surface area contributed by atoms with Gasteiger partial charge in [-0.25, -0.2) is 9.59 Å². The van der Waals surface area contributed by atoms with Crippen LogP contribution in [-0.2, 0) is 9.53 Å². The molecular formula is C13H25NO4. The summed E-state index contributed by atoms with van der Waals surface area (Å²) in [7, 11) is 0. The first-order chi connectivity index (χ1) is 8.22. The largest absolute Gasteiger partial charge is 0.480 e. The number of ether oxygens (including phenoxy) is 1. The van der Waals surface area contributed by atoms with Gasteiger partial charge in [0.15, 0.2) is 0 Å². The van der Waals surface area contributed by atoms with Gasteiger partial charge in [0.1, 0.15) is 12.1 Å². The summed E-state index contributed by atoms with van der Waals surface area (Å²) in [5.74, 6) is -1.05. The predicted molar refractivity (Wildman–Crippen MR) is 69.5 cm³/mol. The molecule has 0 aliphatic carbocycles. The summed E-state index contributed by atoms with van der Waals surface area (Å²) in [5.41, 5.74) is -0.558. The molecule has 1 unspecified atom stereocenters. The number of amides is 1. The predicted octanol–water partition coefficient (Wildman–Crippen LogP) is 2.79. The molecule has 0 bridgehead atoms. The number of carboxylic acids is 1. The molecule has 2 atom stereocenters. The van der Waals surface area contributed by atoms with Crippen LogP contribution in [0.3, 0.4) is 0 Å². The fraction of sp³-hybridized carbons (Fsp3) is 0.846. The third-order valence-electron chi connectivity index (χ3n) is 2.71. The zero-order valence-corrected chi connectivity index (χ0v) is 11.9. The number of carbonyl (C=O) groups excluding carboxylic acids is 1. The van der Waals surface area contributed by atoms with E-state index in [2.05, 4.69) is 5.32 Å². The Morgan fingerprint density at radius 3 is 2.17 bits per heavy atom. The lowest BCUT2D eigenvalue weighted by atomic mass is 9.87. The van der Waals surface area contributed by atoms with Gasteiger partial charge >= 0.3 is 12.1 Å². The summed E-state index contributed by atoms with van der Waals surface area (Å²) in [5, 5.41) is 11.5. The van der Waals surface area contributed by atoms with Crippen LogP contribution in [0.15, 0.2) is 0 Å². The van der Waals surface area contributed by atoms with Gasteiger partial charge < -0.3 is 15.2 Å². The van der Waals surface area contributed by atoms with Crippen molar-refractivity contribution in [3.8, 4) is 0 Å². The lowest BCUT2D eigenvalue weighted by Gasteiger charge is -2.28. The molecule has 1 amide bonds. The van der Waals surface area contributed by atoms with E-state index in [0.29, 0.717) is 0 Å². The Balaban J connectivity index is 4.48. The van der Waals surface area contributed by atoms with Crippen LogP contribution in [0.25, 0.3) is 0 Å². The van der Waals surface area contributed by atoms with E-state index in [4.69, 9.17) is 9.84 Å². The van der Waals surface area contributed by atoms with Crippen molar-refractivity contribution in [1.29, 1.82) is 0 Å². The Morgan fingerprint density at radius 2 is 1.83 bits per heavy atom. The Labute approximate surface area is 109 Å². The van der Waals surface area contributed by atoms with Crippen LogP contribution in [-0.4, -0.2) is 29.3 Å². The van der Waals surface area contributed by atoms with Gasteiger partial charge in [0, 0.05) is 0 Å². The highest BCUT2D eigenvalue weighted by atomic mass is 16.6. The zero-order chi connectivity index (χ0) is 14.3. The summed E-state index contributed by atoms with van der Waals surface area (Å²) in [6.45, 7) is 9.23. The van der Waals surface area contributed by atoms with Crippen LogP contribution >= 0.6 is 0 Å². The summed E-state index contributed by atoms with van der Waals surface area (Å²) in [6.07, 6.45) is 1.64. The van der Waals surface area contributed by atoms with Gasteiger partial charge in [0.05, 0.1) is 0 Å². The molecule has 5 nitrogen and oxygen atoms in total. The molecule has 0 aliphatic heterocycles. The lowest BCUT2D eigenvalue weighted by molar-refractivity contribution is -0.142. The first-order valence-corrected chi connectivity index (χ1v) is 6.42. The maximum absolute atomic E-state index is 11.7. The maximum atomic E-state index is 11.7. The molecule has 0 heterocycles. The van der Waals surface area contributed by atoms with E-state index < -0.39 is 23.5 Å². The van der Waals surface area contributed by atoms with Crippen LogP contribution < -0.4 is 5.32 Å². The Hall–Kier alpha value is -1.26. The minimum Gasteiger partial charge on any atom is -0.480 e. The summed E-state index contributed by atoms with van der Waals surface area (Å²) in [6, 6.07) is -0.955. The van der Waals surface area contributed by atoms with Crippen molar-refractivity contribution in [2.75, 3.05) is 0 Å². The van der Waals surface area contributed by atoms with E-state index in [0.717, 1.165) is 19.3 Å². The van der Waals surface area contributed by atoms with Crippen molar-refractivity contribution < 1.29 is 19.4 Å². The highest BCUT2D eigenvalue weighted by molar-refractivity contribution is 5.80. The van der Waals surface area contributed by atoms with Gasteiger partial charge in [-0.2, -0.15) is 0 Å². The molecule has 0 aliphatic rings. The van der Waals surface area contributed by atoms with E-state index in [1.54, 1.807) is 20.8 Å². The topological polar surface area (TPSA) is 75.6 Å². The summed E-state index contributed by atoms with van der Waals surface area (Å²) >= 11 is 0. The van der Waals surface area contributed by atoms with Gasteiger partial charge in [-0.05, 0) is 18.3 Å². The third kappa shape index (κ3) is 5.89. The molecule has 5 heteroatoms. The van der Waals surface area contributed by atoms with E-state index >= 15 is 0 Å². The molecule has 0 aromatic rings. The van der Waals surface area contributed by atoms with Crippen LogP contribution in [0, 0.1) is 5.41 Å². The van der Waals surface area contributed by atoms with Gasteiger partial charge in [-0.3, -0.25) is 0 Å². The van der Waals surface area contributed by atoms with Crippen molar-refractivity contribution in [3.63, 3.8) is 0 Å². The van der Waals surface area contributed by atoms with Crippen LogP contribution in [0.1, 0.15) is 53.9 Å². The van der Waals surface area contributed by atoms with E-state index in [1.165, 1.54) is 0 Å². The monoisotopic (exact) mass is 259 g/mol. The zero-order valence-electron chi connectivity index (χ0n) is 11.9. The molecule has 0 saturated carbocycles. The second-order valence-electron chi connectivity index (χ2n) is 5.51. The normalized spacial score (nSPS) is 14.7. The van der Waals surface area contributed by atoms with Gasteiger partial charge in [-0.15, -0.1) is 0 Å². The first kappa shape index (κ1) is 16.7. The fourth-order valence-corrected chi connectivity index (χ4v) is 1.62. The van der Waals surface area contributed by atoms with Gasteiger partial charge in [0.2, 0.25) is 0 Å². The third-order valence-corrected chi connectivity index (χ3v) is 2.71. The molecule has 0 aromatic heterocycles. The Morgan fingerprint density at radius 1 is 1.28 bits per heavy atom. The maximum Gasteiger partial charge on any atom is 0.408 e. The summed E-state index contributed by atoms with van der Waals surface area (Å²) in [4.78, 5) is 22.7. The standard InChI is InChI=1S/C13H25NO4/c1-6-8-9(7-2)18-12(17)14-10(11(15)16)13(3,4)5/h9-10H,6-8H2,1-5H3,(H,14,17)(H,15,16)/t9?,10-/m1/s1. The Bertz CT molecular complexity index is 283. The molecule has 0 radical (unpaired) electrons. The van der Waals surface area contributed by atoms with Crippen molar-refractivity contribution in [2.24, 2.45) is 5.41 Å². The molecule has 0 fully saturated rings. The molecule has 106 valence electrons. The van der Waals surface area contributed by atoms with Crippen molar-refractivity contribution in [2.45, 2.75) is 66.0 Å². The number of hydrogen-bond donors (Lipinski definition) is 2. The summed E-state index contributed by atoms with van der Waals surface area (Å²) < 4.78 is 5.20. The van der Waals surface area contributed by atoms with Crippen LogP contribution in [0.2, 0.25) is 0 Å². The van der Waals surface area contributed by atoms with Crippen LogP contribution in [0.5, 0.6) is 0 Å². The molecule has 0 aromatic carbocycles. The average molecular weight is 259 g/mol. The molecule has 2 N–H and O–H groups in total. The van der Waals surface area contributed by atoms with Crippen molar-refractivity contribution >= 4 is 12.1 Å². The number of alkyl carbamates (subject to hydrolysis) is 1. The molecule has 0 rings (SSSR count). The number of hydrogen-bond acceptors (Lipinski definition) is 3. The van der Waals surface area contributed by atoms with E-state index in [9.17, 15) is 9.59 Å². The molecular weight excluding hydrogens is 234 g/mol. The molecule has 18 heavy (non-hydrogen) atoms. The van der Waals surface area contributed by atoms with Gasteiger partial charge in [-0.1, -0.05) is 41.0 Å². The quantitative estimate of drug-likeness (QED) is 0.769. The number of rotatable bonds is 6. The van der Waals surface area contributed by atoms with E-state index in [1.807, 2.05) is 13.8 Å². The highest BCUT2D eigenvalue weighted by Gasteiger charge is 2.33. The Kier molecular flexibility index (Phi) is 6.73. The van der Waals surface area contributed by atoms with Crippen molar-refractivity contribution in [1.82, 2.24) is 5.32 Å². The number of nitrogens with one attached hydrogen (secondary N) is 1. The second-order valence-corrected chi connectivity index (χ2v) is 5.51. The molecule has 0 saturated heterocycles. The lowest BCUT2D eigenvalue weighted by Crippen LogP contribution is -2.49. The number of carboxylic acid groups (broad SMARTS) is 1. The minimum absolute atomic E-state index is 0.149. The molecule has 0 spiro atoms. The first-order valence-electron chi connectivity index (χ1n) is 6.42. The minimum atomic E-state index is -1.05. The van der Waals surface area contributed by atoms with Crippen LogP contribution in [0.4, 0.5) is 4.79 Å². The number of carbonyl (C=O) groups is 2. The second kappa shape index (κ2) is 7.24. The average Bonchev–Trinajstić information content (AvgIpc) is 2.23. The smallest absolute Gasteiger partial charge is 0.408 e. The fourth-order valence-electron chi connectivity index (χ4n) is 1.62. The number of aliphatic carboxylic acids is 1. The SMILES string of the molecule is CCCC(CC)OC(=O)N[C@H](C(=O)O)C(C)(C)C. The highest BCUT2D eigenvalue weighted by Crippen LogP contribution is 2.19. The van der Waals surface area contributed by atoms with E-state index in [-0.39, 0.29) is 6.10 Å². The van der Waals surface area contributed by atoms with Crippen molar-refractivity contribution in [3.05, 3.63) is 0 Å².